The van der Waals surface area contributed by atoms with Crippen molar-refractivity contribution in [3.63, 3.8) is 0 Å². The van der Waals surface area contributed by atoms with Gasteiger partial charge in [-0.2, -0.15) is 0 Å². The third kappa shape index (κ3) is 2.78. The van der Waals surface area contributed by atoms with Gasteiger partial charge in [-0.1, -0.05) is 48.5 Å². The van der Waals surface area contributed by atoms with Crippen molar-refractivity contribution in [1.29, 1.82) is 0 Å². The number of rotatable bonds is 3. The molecule has 1 N–H and O–H groups in total. The summed E-state index contributed by atoms with van der Waals surface area (Å²) in [7, 11) is 0. The molecule has 3 nitrogen and oxygen atoms in total. The number of amides is 1. The van der Waals surface area contributed by atoms with Gasteiger partial charge in [0.25, 0.3) is 0 Å². The molecular weight excluding hydrogens is 284 g/mol. The van der Waals surface area contributed by atoms with Gasteiger partial charge in [0.15, 0.2) is 0 Å². The van der Waals surface area contributed by atoms with Gasteiger partial charge in [-0.15, -0.1) is 0 Å². The van der Waals surface area contributed by atoms with Crippen molar-refractivity contribution < 1.29 is 4.79 Å². The number of benzene rings is 3. The number of hydrogen-bond donors (Lipinski definition) is 1. The van der Waals surface area contributed by atoms with Crippen molar-refractivity contribution in [2.24, 2.45) is 0 Å². The SMILES string of the molecule is O=C(CN1CCc2ccccc21)Nc1ccc2ccccc2c1. The number of carbonyl (C=O) groups excluding carboxylic acids is 1. The van der Waals surface area contributed by atoms with Crippen LogP contribution in [-0.4, -0.2) is 19.0 Å². The Morgan fingerprint density at radius 1 is 0.957 bits per heavy atom. The van der Waals surface area contributed by atoms with Gasteiger partial charge in [-0.05, 0) is 41.0 Å². The van der Waals surface area contributed by atoms with Crippen LogP contribution in [0.4, 0.5) is 11.4 Å². The zero-order valence-corrected chi connectivity index (χ0v) is 12.8. The molecule has 0 spiro atoms. The minimum atomic E-state index is 0.0250. The number of nitrogens with one attached hydrogen (secondary N) is 1. The van der Waals surface area contributed by atoms with Gasteiger partial charge in [0.1, 0.15) is 0 Å². The molecular formula is C20H18N2O. The lowest BCUT2D eigenvalue weighted by Crippen LogP contribution is -2.31. The van der Waals surface area contributed by atoms with Crippen LogP contribution in [0.15, 0.2) is 66.7 Å². The zero-order chi connectivity index (χ0) is 15.6. The topological polar surface area (TPSA) is 32.3 Å². The fourth-order valence-electron chi connectivity index (χ4n) is 3.21. The molecule has 1 amide bonds. The lowest BCUT2D eigenvalue weighted by atomic mass is 10.1. The number of carbonyl (C=O) groups is 1. The summed E-state index contributed by atoms with van der Waals surface area (Å²) < 4.78 is 0. The Morgan fingerprint density at radius 2 is 1.74 bits per heavy atom. The van der Waals surface area contributed by atoms with Crippen LogP contribution in [0.2, 0.25) is 0 Å². The van der Waals surface area contributed by atoms with Crippen LogP contribution < -0.4 is 10.2 Å². The maximum atomic E-state index is 12.4. The van der Waals surface area contributed by atoms with Gasteiger partial charge < -0.3 is 10.2 Å². The van der Waals surface area contributed by atoms with Crippen LogP contribution in [0.1, 0.15) is 5.56 Å². The number of fused-ring (bicyclic) bond motifs is 2. The highest BCUT2D eigenvalue weighted by Gasteiger charge is 2.20. The number of hydrogen-bond acceptors (Lipinski definition) is 2. The van der Waals surface area contributed by atoms with Crippen LogP contribution in [0, 0.1) is 0 Å². The first kappa shape index (κ1) is 13.8. The maximum Gasteiger partial charge on any atom is 0.243 e. The Bertz CT molecular complexity index is 872. The Morgan fingerprint density at radius 3 is 2.65 bits per heavy atom. The second-order valence-electron chi connectivity index (χ2n) is 5.91. The van der Waals surface area contributed by atoms with Gasteiger partial charge in [0, 0.05) is 17.9 Å². The highest BCUT2D eigenvalue weighted by molar-refractivity contribution is 5.96. The molecule has 0 aromatic heterocycles. The third-order valence-corrected chi connectivity index (χ3v) is 4.35. The molecule has 0 bridgehead atoms. The van der Waals surface area contributed by atoms with Crippen molar-refractivity contribution in [2.45, 2.75) is 6.42 Å². The number of nitrogens with zero attached hydrogens (tertiary/aromatic N) is 1. The molecule has 0 unspecified atom stereocenters. The molecule has 114 valence electrons. The molecule has 3 aromatic rings. The van der Waals surface area contributed by atoms with Crippen LogP contribution in [0.25, 0.3) is 10.8 Å². The van der Waals surface area contributed by atoms with E-state index in [4.69, 9.17) is 0 Å². The van der Waals surface area contributed by atoms with E-state index in [1.165, 1.54) is 16.6 Å². The molecule has 3 heteroatoms. The van der Waals surface area contributed by atoms with E-state index < -0.39 is 0 Å². The van der Waals surface area contributed by atoms with E-state index in [-0.39, 0.29) is 5.91 Å². The third-order valence-electron chi connectivity index (χ3n) is 4.35. The van der Waals surface area contributed by atoms with Gasteiger partial charge in [-0.3, -0.25) is 4.79 Å². The van der Waals surface area contributed by atoms with E-state index in [9.17, 15) is 4.79 Å². The molecule has 0 atom stereocenters. The Hall–Kier alpha value is -2.81. The molecule has 0 radical (unpaired) electrons. The normalized spacial score (nSPS) is 13.1. The zero-order valence-electron chi connectivity index (χ0n) is 12.8. The fourth-order valence-corrected chi connectivity index (χ4v) is 3.21. The Labute approximate surface area is 135 Å². The van der Waals surface area contributed by atoms with Crippen LogP contribution >= 0.6 is 0 Å². The van der Waals surface area contributed by atoms with E-state index in [2.05, 4.69) is 40.5 Å². The number of anilines is 2. The molecule has 1 heterocycles. The number of para-hydroxylation sites is 1. The molecule has 4 rings (SSSR count). The van der Waals surface area contributed by atoms with Crippen LogP contribution in [0.5, 0.6) is 0 Å². The average Bonchev–Trinajstić information content (AvgIpc) is 2.98. The van der Waals surface area contributed by atoms with Crippen molar-refractivity contribution in [1.82, 2.24) is 0 Å². The molecule has 0 saturated carbocycles. The smallest absolute Gasteiger partial charge is 0.243 e. The van der Waals surface area contributed by atoms with Gasteiger partial charge >= 0.3 is 0 Å². The monoisotopic (exact) mass is 302 g/mol. The standard InChI is InChI=1S/C20H18N2O/c23-20(14-22-12-11-16-6-3-4-8-19(16)22)21-18-10-9-15-5-1-2-7-17(15)13-18/h1-10,13H,11-12,14H2,(H,21,23). The van der Waals surface area contributed by atoms with Crippen molar-refractivity contribution >= 4 is 28.1 Å². The second kappa shape index (κ2) is 5.76. The summed E-state index contributed by atoms with van der Waals surface area (Å²) >= 11 is 0. The molecule has 23 heavy (non-hydrogen) atoms. The second-order valence-corrected chi connectivity index (χ2v) is 5.91. The van der Waals surface area contributed by atoms with E-state index in [0.29, 0.717) is 6.54 Å². The van der Waals surface area contributed by atoms with E-state index in [0.717, 1.165) is 24.0 Å². The highest BCUT2D eigenvalue weighted by atomic mass is 16.2. The van der Waals surface area contributed by atoms with Gasteiger partial charge in [-0.25, -0.2) is 0 Å². The van der Waals surface area contributed by atoms with Crippen molar-refractivity contribution in [2.75, 3.05) is 23.3 Å². The van der Waals surface area contributed by atoms with E-state index in [1.807, 2.05) is 36.4 Å². The van der Waals surface area contributed by atoms with Crippen molar-refractivity contribution in [3.8, 4) is 0 Å². The average molecular weight is 302 g/mol. The van der Waals surface area contributed by atoms with Crippen LogP contribution in [-0.2, 0) is 11.2 Å². The summed E-state index contributed by atoms with van der Waals surface area (Å²) in [6.07, 6.45) is 1.01. The highest BCUT2D eigenvalue weighted by Crippen LogP contribution is 2.27. The summed E-state index contributed by atoms with van der Waals surface area (Å²) in [5, 5.41) is 5.33. The molecule has 3 aromatic carbocycles. The Kier molecular flexibility index (Phi) is 3.46. The summed E-state index contributed by atoms with van der Waals surface area (Å²) in [5.41, 5.74) is 3.35. The predicted molar refractivity (Wildman–Crippen MR) is 94.9 cm³/mol. The van der Waals surface area contributed by atoms with Crippen molar-refractivity contribution in [3.05, 3.63) is 72.3 Å². The van der Waals surface area contributed by atoms with Gasteiger partial charge in [0.05, 0.1) is 6.54 Å². The lowest BCUT2D eigenvalue weighted by molar-refractivity contribution is -0.115. The summed E-state index contributed by atoms with van der Waals surface area (Å²) in [6.45, 7) is 1.30. The quantitative estimate of drug-likeness (QED) is 0.797. The van der Waals surface area contributed by atoms with Gasteiger partial charge in [0.2, 0.25) is 5.91 Å². The molecule has 1 aliphatic rings. The van der Waals surface area contributed by atoms with E-state index >= 15 is 0 Å². The molecule has 0 aliphatic carbocycles. The molecule has 0 fully saturated rings. The Balaban J connectivity index is 1.47. The minimum absolute atomic E-state index is 0.0250. The fraction of sp³-hybridized carbons (Fsp3) is 0.150. The predicted octanol–water partition coefficient (Wildman–Crippen LogP) is 3.84. The summed E-state index contributed by atoms with van der Waals surface area (Å²) in [6, 6.07) is 22.5. The molecule has 1 aliphatic heterocycles. The maximum absolute atomic E-state index is 12.4. The minimum Gasteiger partial charge on any atom is -0.362 e. The molecule has 0 saturated heterocycles. The first-order valence-electron chi connectivity index (χ1n) is 7.91. The lowest BCUT2D eigenvalue weighted by Gasteiger charge is -2.18. The first-order chi connectivity index (χ1) is 11.3. The van der Waals surface area contributed by atoms with Crippen LogP contribution in [0.3, 0.4) is 0 Å². The van der Waals surface area contributed by atoms with E-state index in [1.54, 1.807) is 0 Å². The summed E-state index contributed by atoms with van der Waals surface area (Å²) in [5.74, 6) is 0.0250. The largest absolute Gasteiger partial charge is 0.362 e. The first-order valence-corrected chi connectivity index (χ1v) is 7.91. The summed E-state index contributed by atoms with van der Waals surface area (Å²) in [4.78, 5) is 14.5.